The summed E-state index contributed by atoms with van der Waals surface area (Å²) in [6, 6.07) is 26.6. The normalized spacial score (nSPS) is 11.9. The first kappa shape index (κ1) is 19.6. The Morgan fingerprint density at radius 2 is 1.66 bits per heavy atom. The molecule has 2 heterocycles. The molecule has 5 rings (SSSR count). The summed E-state index contributed by atoms with van der Waals surface area (Å²) in [5.41, 5.74) is 4.20. The van der Waals surface area contributed by atoms with Gasteiger partial charge in [0.05, 0.1) is 17.1 Å². The number of benzene rings is 3. The molecule has 1 atom stereocenters. The molecule has 32 heavy (non-hydrogen) atoms. The molecule has 2 aromatic heterocycles. The number of para-hydroxylation sites is 2. The Balaban J connectivity index is 1.38. The van der Waals surface area contributed by atoms with E-state index in [9.17, 15) is 4.79 Å². The second-order valence-corrected chi connectivity index (χ2v) is 7.53. The van der Waals surface area contributed by atoms with Crippen LogP contribution in [0.3, 0.4) is 0 Å². The van der Waals surface area contributed by atoms with Gasteiger partial charge in [0.15, 0.2) is 5.78 Å². The minimum Gasteiger partial charge on any atom is -0.348 e. The molecule has 0 aliphatic rings. The van der Waals surface area contributed by atoms with Gasteiger partial charge in [-0.1, -0.05) is 60.7 Å². The SMILES string of the molecule is CC(Nc1nccc(-n2cnc3ccccc32)n1)c1cccc(C(=O)c2ccccc2)c1. The van der Waals surface area contributed by atoms with Crippen molar-refractivity contribution in [2.75, 3.05) is 5.32 Å². The first-order valence-electron chi connectivity index (χ1n) is 10.4. The van der Waals surface area contributed by atoms with Crippen LogP contribution in [0.15, 0.2) is 97.5 Å². The Labute approximate surface area is 185 Å². The van der Waals surface area contributed by atoms with Crippen LogP contribution < -0.4 is 5.32 Å². The number of hydrogen-bond acceptors (Lipinski definition) is 5. The Morgan fingerprint density at radius 3 is 2.53 bits per heavy atom. The second-order valence-electron chi connectivity index (χ2n) is 7.53. The maximum absolute atomic E-state index is 12.8. The van der Waals surface area contributed by atoms with E-state index in [0.717, 1.165) is 22.4 Å². The van der Waals surface area contributed by atoms with Crippen LogP contribution in [0.25, 0.3) is 16.9 Å². The monoisotopic (exact) mass is 419 g/mol. The third-order valence-corrected chi connectivity index (χ3v) is 5.37. The number of nitrogens with zero attached hydrogens (tertiary/aromatic N) is 4. The molecule has 156 valence electrons. The number of imidazole rings is 1. The van der Waals surface area contributed by atoms with E-state index in [1.807, 2.05) is 96.4 Å². The van der Waals surface area contributed by atoms with Crippen molar-refractivity contribution in [1.82, 2.24) is 19.5 Å². The molecule has 3 aromatic carbocycles. The highest BCUT2D eigenvalue weighted by Crippen LogP contribution is 2.21. The summed E-state index contributed by atoms with van der Waals surface area (Å²) in [5, 5.41) is 3.35. The van der Waals surface area contributed by atoms with Gasteiger partial charge in [-0.25, -0.2) is 9.97 Å². The fourth-order valence-corrected chi connectivity index (χ4v) is 3.68. The summed E-state index contributed by atoms with van der Waals surface area (Å²) in [6.07, 6.45) is 3.49. The van der Waals surface area contributed by atoms with Crippen LogP contribution in [0.2, 0.25) is 0 Å². The summed E-state index contributed by atoms with van der Waals surface area (Å²) in [4.78, 5) is 26.3. The fourth-order valence-electron chi connectivity index (χ4n) is 3.68. The smallest absolute Gasteiger partial charge is 0.225 e. The predicted molar refractivity (Wildman–Crippen MR) is 125 cm³/mol. The lowest BCUT2D eigenvalue weighted by Crippen LogP contribution is -2.11. The molecule has 0 bridgehead atoms. The van der Waals surface area contributed by atoms with Gasteiger partial charge in [0.2, 0.25) is 5.95 Å². The van der Waals surface area contributed by atoms with E-state index in [2.05, 4.69) is 20.3 Å². The van der Waals surface area contributed by atoms with Crippen LogP contribution in [0.1, 0.15) is 34.5 Å². The van der Waals surface area contributed by atoms with Gasteiger partial charge in [0.1, 0.15) is 12.1 Å². The fraction of sp³-hybridized carbons (Fsp3) is 0.0769. The van der Waals surface area contributed by atoms with Crippen LogP contribution in [0, 0.1) is 0 Å². The third-order valence-electron chi connectivity index (χ3n) is 5.37. The van der Waals surface area contributed by atoms with E-state index >= 15 is 0 Å². The van der Waals surface area contributed by atoms with Gasteiger partial charge in [-0.2, -0.15) is 4.98 Å². The minimum atomic E-state index is -0.0895. The van der Waals surface area contributed by atoms with Crippen LogP contribution in [0.5, 0.6) is 0 Å². The van der Waals surface area contributed by atoms with E-state index in [1.165, 1.54) is 0 Å². The number of anilines is 1. The standard InChI is InChI=1S/C26H21N5O/c1-18(20-10-7-11-21(16-20)25(32)19-8-3-2-4-9-19)29-26-27-15-14-24(30-26)31-17-28-22-12-5-6-13-23(22)31/h2-18H,1H3,(H,27,29,30). The number of rotatable bonds is 6. The van der Waals surface area contributed by atoms with Crippen molar-refractivity contribution in [3.8, 4) is 5.82 Å². The van der Waals surface area contributed by atoms with E-state index in [-0.39, 0.29) is 11.8 Å². The number of carbonyl (C=O) groups excluding carboxylic acids is 1. The van der Waals surface area contributed by atoms with Crippen molar-refractivity contribution in [2.45, 2.75) is 13.0 Å². The quantitative estimate of drug-likeness (QED) is 0.382. The van der Waals surface area contributed by atoms with Gasteiger partial charge < -0.3 is 5.32 Å². The van der Waals surface area contributed by atoms with Gasteiger partial charge in [0, 0.05) is 17.3 Å². The highest BCUT2D eigenvalue weighted by molar-refractivity contribution is 6.09. The largest absolute Gasteiger partial charge is 0.348 e. The summed E-state index contributed by atoms with van der Waals surface area (Å²) < 4.78 is 1.94. The number of ketones is 1. The van der Waals surface area contributed by atoms with Gasteiger partial charge in [0.25, 0.3) is 0 Å². The van der Waals surface area contributed by atoms with Crippen molar-refractivity contribution in [3.05, 3.63) is 114 Å². The van der Waals surface area contributed by atoms with E-state index < -0.39 is 0 Å². The minimum absolute atomic E-state index is 0.00452. The lowest BCUT2D eigenvalue weighted by Gasteiger charge is -2.16. The summed E-state index contributed by atoms with van der Waals surface area (Å²) >= 11 is 0. The van der Waals surface area contributed by atoms with Gasteiger partial charge in [-0.3, -0.25) is 9.36 Å². The Morgan fingerprint density at radius 1 is 0.875 bits per heavy atom. The Hall–Kier alpha value is -4.32. The van der Waals surface area contributed by atoms with Crippen molar-refractivity contribution in [1.29, 1.82) is 0 Å². The molecule has 0 spiro atoms. The molecule has 0 aliphatic heterocycles. The number of nitrogens with one attached hydrogen (secondary N) is 1. The van der Waals surface area contributed by atoms with Crippen LogP contribution in [-0.2, 0) is 0 Å². The lowest BCUT2D eigenvalue weighted by atomic mass is 9.99. The van der Waals surface area contributed by atoms with E-state index in [0.29, 0.717) is 17.1 Å². The number of hydrogen-bond donors (Lipinski definition) is 1. The molecule has 0 aliphatic carbocycles. The number of carbonyl (C=O) groups is 1. The molecule has 0 saturated heterocycles. The zero-order chi connectivity index (χ0) is 21.9. The van der Waals surface area contributed by atoms with Crippen molar-refractivity contribution < 1.29 is 4.79 Å². The maximum Gasteiger partial charge on any atom is 0.225 e. The topological polar surface area (TPSA) is 72.7 Å². The van der Waals surface area contributed by atoms with Gasteiger partial charge >= 0.3 is 0 Å². The molecule has 1 N–H and O–H groups in total. The molecule has 6 nitrogen and oxygen atoms in total. The molecule has 0 saturated carbocycles. The number of aromatic nitrogens is 4. The van der Waals surface area contributed by atoms with Crippen molar-refractivity contribution in [3.63, 3.8) is 0 Å². The summed E-state index contributed by atoms with van der Waals surface area (Å²) in [6.45, 7) is 2.02. The predicted octanol–water partition coefficient (Wildman–Crippen LogP) is 5.22. The summed E-state index contributed by atoms with van der Waals surface area (Å²) in [5.74, 6) is 1.24. The first-order chi connectivity index (χ1) is 15.7. The third kappa shape index (κ3) is 3.86. The number of fused-ring (bicyclic) bond motifs is 1. The van der Waals surface area contributed by atoms with E-state index in [1.54, 1.807) is 12.5 Å². The van der Waals surface area contributed by atoms with Gasteiger partial charge in [-0.15, -0.1) is 0 Å². The average Bonchev–Trinajstić information content (AvgIpc) is 3.29. The molecule has 0 fully saturated rings. The molecular weight excluding hydrogens is 398 g/mol. The van der Waals surface area contributed by atoms with Crippen LogP contribution in [-0.4, -0.2) is 25.3 Å². The Bertz CT molecular complexity index is 1390. The summed E-state index contributed by atoms with van der Waals surface area (Å²) in [7, 11) is 0. The molecule has 5 aromatic rings. The van der Waals surface area contributed by atoms with Crippen molar-refractivity contribution >= 4 is 22.8 Å². The van der Waals surface area contributed by atoms with Crippen LogP contribution in [0.4, 0.5) is 5.95 Å². The zero-order valence-electron chi connectivity index (χ0n) is 17.5. The lowest BCUT2D eigenvalue weighted by molar-refractivity contribution is 0.103. The van der Waals surface area contributed by atoms with Gasteiger partial charge in [-0.05, 0) is 36.8 Å². The zero-order valence-corrected chi connectivity index (χ0v) is 17.5. The van der Waals surface area contributed by atoms with E-state index in [4.69, 9.17) is 0 Å². The molecular formula is C26H21N5O. The highest BCUT2D eigenvalue weighted by atomic mass is 16.1. The second kappa shape index (κ2) is 8.43. The molecule has 1 unspecified atom stereocenters. The first-order valence-corrected chi connectivity index (χ1v) is 10.4. The molecule has 0 radical (unpaired) electrons. The highest BCUT2D eigenvalue weighted by Gasteiger charge is 2.13. The van der Waals surface area contributed by atoms with Crippen molar-refractivity contribution in [2.24, 2.45) is 0 Å². The molecule has 6 heteroatoms. The Kier molecular flexibility index (Phi) is 5.17. The van der Waals surface area contributed by atoms with Crippen LogP contribution >= 0.6 is 0 Å². The molecule has 0 amide bonds. The average molecular weight is 419 g/mol. The maximum atomic E-state index is 12.8.